The molecule has 0 radical (unpaired) electrons. The molecule has 3 rings (SSSR count). The van der Waals surface area contributed by atoms with Gasteiger partial charge in [0.2, 0.25) is 0 Å². The third-order valence-electron chi connectivity index (χ3n) is 4.19. The molecule has 0 fully saturated rings. The predicted octanol–water partition coefficient (Wildman–Crippen LogP) is 7.04. The van der Waals surface area contributed by atoms with Crippen molar-refractivity contribution in [3.05, 3.63) is 75.8 Å². The first kappa shape index (κ1) is 21.8. The summed E-state index contributed by atoms with van der Waals surface area (Å²) in [6.07, 6.45) is 0. The fourth-order valence-corrected chi connectivity index (χ4v) is 3.24. The molecular weight excluding hydrogens is 401 g/mol. The zero-order chi connectivity index (χ0) is 18.7. The molecule has 144 valence electrons. The molecule has 5 heteroatoms. The fraction of sp³-hybridized carbons (Fsp3) is 0.273. The summed E-state index contributed by atoms with van der Waals surface area (Å²) in [6, 6.07) is 18.0. The van der Waals surface area contributed by atoms with Gasteiger partial charge in [0, 0.05) is 33.3 Å². The Morgan fingerprint density at radius 1 is 0.963 bits per heavy atom. The zero-order valence-corrected chi connectivity index (χ0v) is 18.0. The van der Waals surface area contributed by atoms with Gasteiger partial charge in [-0.15, -0.1) is 12.4 Å². The lowest BCUT2D eigenvalue weighted by Gasteiger charge is -2.23. The number of rotatable bonds is 5. The molecule has 0 heterocycles. The van der Waals surface area contributed by atoms with Gasteiger partial charge in [-0.25, -0.2) is 0 Å². The van der Waals surface area contributed by atoms with Crippen molar-refractivity contribution in [3.8, 4) is 5.75 Å². The Labute approximate surface area is 177 Å². The summed E-state index contributed by atoms with van der Waals surface area (Å²) in [7, 11) is 0. The number of ether oxygens (including phenoxy) is 1. The van der Waals surface area contributed by atoms with Crippen LogP contribution in [0.1, 0.15) is 31.9 Å². The normalized spacial score (nSPS) is 11.3. The number of hydrogen-bond donors (Lipinski definition) is 1. The van der Waals surface area contributed by atoms with Crippen LogP contribution in [0, 0.1) is 0 Å². The van der Waals surface area contributed by atoms with Crippen LogP contribution in [-0.2, 0) is 13.2 Å². The second-order valence-electron chi connectivity index (χ2n) is 7.39. The second kappa shape index (κ2) is 9.16. The maximum atomic E-state index is 6.27. The first-order valence-electron chi connectivity index (χ1n) is 8.66. The van der Waals surface area contributed by atoms with Crippen LogP contribution in [0.3, 0.4) is 0 Å². The van der Waals surface area contributed by atoms with Crippen molar-refractivity contribution in [1.29, 1.82) is 0 Å². The molecular formula is C22H24Cl3NO. The molecule has 3 aromatic rings. The van der Waals surface area contributed by atoms with Gasteiger partial charge in [0.25, 0.3) is 0 Å². The summed E-state index contributed by atoms with van der Waals surface area (Å²) in [5.41, 5.74) is 2.09. The lowest BCUT2D eigenvalue weighted by atomic mass is 10.0. The van der Waals surface area contributed by atoms with Gasteiger partial charge in [-0.3, -0.25) is 0 Å². The van der Waals surface area contributed by atoms with E-state index in [0.29, 0.717) is 16.7 Å². The monoisotopic (exact) mass is 423 g/mol. The molecule has 0 bridgehead atoms. The zero-order valence-electron chi connectivity index (χ0n) is 15.7. The SMILES string of the molecule is CC(C)(C)NCc1c(OCc2ccc(Cl)cc2Cl)ccc2ccccc12.Cl. The Kier molecular flexibility index (Phi) is 7.41. The van der Waals surface area contributed by atoms with E-state index < -0.39 is 0 Å². The average molecular weight is 425 g/mol. The molecule has 0 aliphatic carbocycles. The Hall–Kier alpha value is -1.45. The van der Waals surface area contributed by atoms with Gasteiger partial charge in [0.1, 0.15) is 12.4 Å². The van der Waals surface area contributed by atoms with Crippen LogP contribution < -0.4 is 10.1 Å². The smallest absolute Gasteiger partial charge is 0.124 e. The summed E-state index contributed by atoms with van der Waals surface area (Å²) in [4.78, 5) is 0. The largest absolute Gasteiger partial charge is 0.488 e. The fourth-order valence-electron chi connectivity index (χ4n) is 2.78. The van der Waals surface area contributed by atoms with E-state index in [0.717, 1.165) is 23.4 Å². The molecule has 0 atom stereocenters. The molecule has 0 unspecified atom stereocenters. The molecule has 0 aliphatic rings. The van der Waals surface area contributed by atoms with Crippen LogP contribution in [0.5, 0.6) is 5.75 Å². The van der Waals surface area contributed by atoms with Gasteiger partial charge in [-0.2, -0.15) is 0 Å². The summed E-state index contributed by atoms with van der Waals surface area (Å²) in [5, 5.41) is 7.21. The third kappa shape index (κ3) is 5.76. The van der Waals surface area contributed by atoms with Crippen molar-refractivity contribution < 1.29 is 4.74 Å². The van der Waals surface area contributed by atoms with Crippen LogP contribution >= 0.6 is 35.6 Å². The molecule has 0 saturated carbocycles. The van der Waals surface area contributed by atoms with E-state index in [1.165, 1.54) is 10.8 Å². The molecule has 1 N–H and O–H groups in total. The summed E-state index contributed by atoms with van der Waals surface area (Å²) >= 11 is 12.2. The highest BCUT2D eigenvalue weighted by atomic mass is 35.5. The van der Waals surface area contributed by atoms with Crippen molar-refractivity contribution in [2.75, 3.05) is 0 Å². The molecule has 0 saturated heterocycles. The quantitative estimate of drug-likeness (QED) is 0.474. The minimum Gasteiger partial charge on any atom is -0.488 e. The van der Waals surface area contributed by atoms with Crippen LogP contribution in [0.15, 0.2) is 54.6 Å². The Morgan fingerprint density at radius 2 is 1.70 bits per heavy atom. The highest BCUT2D eigenvalue weighted by Crippen LogP contribution is 2.30. The van der Waals surface area contributed by atoms with Gasteiger partial charge >= 0.3 is 0 Å². The van der Waals surface area contributed by atoms with Crippen molar-refractivity contribution >= 4 is 46.4 Å². The second-order valence-corrected chi connectivity index (χ2v) is 8.23. The highest BCUT2D eigenvalue weighted by Gasteiger charge is 2.14. The van der Waals surface area contributed by atoms with E-state index in [9.17, 15) is 0 Å². The van der Waals surface area contributed by atoms with Crippen LogP contribution in [0.2, 0.25) is 10.0 Å². The van der Waals surface area contributed by atoms with Crippen molar-refractivity contribution in [2.45, 2.75) is 39.5 Å². The van der Waals surface area contributed by atoms with Gasteiger partial charge in [0.05, 0.1) is 0 Å². The molecule has 3 aromatic carbocycles. The highest BCUT2D eigenvalue weighted by molar-refractivity contribution is 6.35. The standard InChI is InChI=1S/C22H23Cl2NO.ClH/c1-22(2,3)25-13-19-18-7-5-4-6-15(18)9-11-21(19)26-14-16-8-10-17(23)12-20(16)24;/h4-12,25H,13-14H2,1-3H3;1H. The summed E-state index contributed by atoms with van der Waals surface area (Å²) < 4.78 is 6.15. The maximum Gasteiger partial charge on any atom is 0.124 e. The molecule has 2 nitrogen and oxygen atoms in total. The van der Waals surface area contributed by atoms with Crippen LogP contribution in [0.25, 0.3) is 10.8 Å². The lowest BCUT2D eigenvalue weighted by Crippen LogP contribution is -2.35. The lowest BCUT2D eigenvalue weighted by molar-refractivity contribution is 0.301. The first-order valence-corrected chi connectivity index (χ1v) is 9.41. The minimum absolute atomic E-state index is 0. The average Bonchev–Trinajstić information content (AvgIpc) is 2.58. The van der Waals surface area contributed by atoms with E-state index in [1.807, 2.05) is 18.2 Å². The first-order chi connectivity index (χ1) is 12.3. The molecule has 0 spiro atoms. The summed E-state index contributed by atoms with van der Waals surface area (Å²) in [5.74, 6) is 0.867. The van der Waals surface area contributed by atoms with E-state index in [4.69, 9.17) is 27.9 Å². The molecule has 0 aliphatic heterocycles. The van der Waals surface area contributed by atoms with E-state index in [2.05, 4.69) is 56.4 Å². The topological polar surface area (TPSA) is 21.3 Å². The molecule has 0 aromatic heterocycles. The number of benzene rings is 3. The van der Waals surface area contributed by atoms with E-state index in [-0.39, 0.29) is 17.9 Å². The Bertz CT molecular complexity index is 919. The number of hydrogen-bond acceptors (Lipinski definition) is 2. The maximum absolute atomic E-state index is 6.27. The van der Waals surface area contributed by atoms with Gasteiger partial charge in [-0.1, -0.05) is 59.6 Å². The van der Waals surface area contributed by atoms with Crippen molar-refractivity contribution in [2.24, 2.45) is 0 Å². The summed E-state index contributed by atoms with van der Waals surface area (Å²) in [6.45, 7) is 7.61. The van der Waals surface area contributed by atoms with E-state index >= 15 is 0 Å². The predicted molar refractivity (Wildman–Crippen MR) is 119 cm³/mol. The number of nitrogens with one attached hydrogen (secondary N) is 1. The van der Waals surface area contributed by atoms with Crippen LogP contribution in [0.4, 0.5) is 0 Å². The minimum atomic E-state index is 0. The van der Waals surface area contributed by atoms with E-state index in [1.54, 1.807) is 6.07 Å². The number of halogens is 3. The number of fused-ring (bicyclic) bond motifs is 1. The third-order valence-corrected chi connectivity index (χ3v) is 4.78. The van der Waals surface area contributed by atoms with Crippen LogP contribution in [-0.4, -0.2) is 5.54 Å². The van der Waals surface area contributed by atoms with Crippen molar-refractivity contribution in [3.63, 3.8) is 0 Å². The molecule has 27 heavy (non-hydrogen) atoms. The van der Waals surface area contributed by atoms with Crippen molar-refractivity contribution in [1.82, 2.24) is 5.32 Å². The Morgan fingerprint density at radius 3 is 2.41 bits per heavy atom. The van der Waals surface area contributed by atoms with Gasteiger partial charge in [0.15, 0.2) is 0 Å². The molecule has 0 amide bonds. The van der Waals surface area contributed by atoms with Gasteiger partial charge < -0.3 is 10.1 Å². The Balaban J connectivity index is 0.00000261. The van der Waals surface area contributed by atoms with Gasteiger partial charge in [-0.05, 0) is 49.7 Å².